The first-order valence-corrected chi connectivity index (χ1v) is 9.55. The van der Waals surface area contributed by atoms with Crippen LogP contribution in [0, 0.1) is 5.92 Å². The summed E-state index contributed by atoms with van der Waals surface area (Å²) >= 11 is 0. The van der Waals surface area contributed by atoms with Crippen LogP contribution in [0.15, 0.2) is 0 Å². The third-order valence-corrected chi connectivity index (χ3v) is 6.54. The third-order valence-electron chi connectivity index (χ3n) is 4.89. The summed E-state index contributed by atoms with van der Waals surface area (Å²) in [7, 11) is -0.876. The predicted molar refractivity (Wildman–Crippen MR) is 79.1 cm³/mol. The molecule has 5 heteroatoms. The molecule has 1 heterocycles. The molecule has 1 aliphatic heterocycles. The molecule has 1 aliphatic carbocycles. The standard InChI is InChI=1S/C14H28N2O2S/c1-15-9-6-12-7-10-16(11-8-12)13-4-3-5-14(13)19(2,17)18/h12-15H,3-11H2,1-2H3. The topological polar surface area (TPSA) is 49.4 Å². The van der Waals surface area contributed by atoms with Crippen molar-refractivity contribution in [2.75, 3.05) is 32.9 Å². The average molecular weight is 288 g/mol. The molecule has 1 saturated carbocycles. The molecule has 0 radical (unpaired) electrons. The molecule has 0 bridgehead atoms. The van der Waals surface area contributed by atoms with Crippen molar-refractivity contribution in [2.45, 2.75) is 49.8 Å². The first-order valence-electron chi connectivity index (χ1n) is 7.60. The lowest BCUT2D eigenvalue weighted by atomic mass is 9.92. The van der Waals surface area contributed by atoms with E-state index in [0.717, 1.165) is 44.8 Å². The third kappa shape index (κ3) is 3.92. The number of piperidine rings is 1. The lowest BCUT2D eigenvalue weighted by molar-refractivity contribution is 0.132. The van der Waals surface area contributed by atoms with Crippen molar-refractivity contribution in [1.82, 2.24) is 10.2 Å². The van der Waals surface area contributed by atoms with E-state index in [2.05, 4.69) is 10.2 Å². The van der Waals surface area contributed by atoms with E-state index >= 15 is 0 Å². The van der Waals surface area contributed by atoms with E-state index in [1.54, 1.807) is 0 Å². The minimum Gasteiger partial charge on any atom is -0.320 e. The summed E-state index contributed by atoms with van der Waals surface area (Å²) in [6.07, 6.45) is 8.13. The molecule has 0 amide bonds. The molecule has 19 heavy (non-hydrogen) atoms. The number of rotatable bonds is 5. The summed E-state index contributed by atoms with van der Waals surface area (Å²) in [6.45, 7) is 3.27. The minimum absolute atomic E-state index is 0.110. The largest absolute Gasteiger partial charge is 0.320 e. The Morgan fingerprint density at radius 3 is 2.42 bits per heavy atom. The van der Waals surface area contributed by atoms with Gasteiger partial charge in [0.15, 0.2) is 9.84 Å². The predicted octanol–water partition coefficient (Wildman–Crippen LogP) is 1.27. The fourth-order valence-corrected chi connectivity index (χ4v) is 5.22. The highest BCUT2D eigenvalue weighted by Gasteiger charge is 2.39. The van der Waals surface area contributed by atoms with Crippen LogP contribution in [0.4, 0.5) is 0 Å². The van der Waals surface area contributed by atoms with E-state index < -0.39 is 9.84 Å². The number of hydrogen-bond donors (Lipinski definition) is 1. The molecular formula is C14H28N2O2S. The Labute approximate surface area is 117 Å². The van der Waals surface area contributed by atoms with Gasteiger partial charge in [-0.15, -0.1) is 0 Å². The molecular weight excluding hydrogens is 260 g/mol. The Bertz CT molecular complexity index is 375. The van der Waals surface area contributed by atoms with E-state index in [9.17, 15) is 8.42 Å². The second kappa shape index (κ2) is 6.55. The van der Waals surface area contributed by atoms with Crippen LogP contribution in [0.1, 0.15) is 38.5 Å². The van der Waals surface area contributed by atoms with Gasteiger partial charge >= 0.3 is 0 Å². The molecule has 4 nitrogen and oxygen atoms in total. The van der Waals surface area contributed by atoms with Gasteiger partial charge in [-0.3, -0.25) is 4.90 Å². The Balaban J connectivity index is 1.87. The summed E-state index contributed by atoms with van der Waals surface area (Å²) in [5, 5.41) is 3.11. The Hall–Kier alpha value is -0.130. The monoisotopic (exact) mass is 288 g/mol. The van der Waals surface area contributed by atoms with Gasteiger partial charge in [0.05, 0.1) is 5.25 Å². The second-order valence-electron chi connectivity index (χ2n) is 6.24. The molecule has 0 aromatic carbocycles. The molecule has 1 N–H and O–H groups in total. The van der Waals surface area contributed by atoms with Crippen LogP contribution in [0.5, 0.6) is 0 Å². The number of likely N-dealkylation sites (tertiary alicyclic amines) is 1. The SMILES string of the molecule is CNCCC1CCN(C2CCCC2S(C)(=O)=O)CC1. The first kappa shape index (κ1) is 15.3. The van der Waals surface area contributed by atoms with Crippen molar-refractivity contribution < 1.29 is 8.42 Å². The number of sulfone groups is 1. The molecule has 2 unspecified atom stereocenters. The molecule has 0 aromatic heterocycles. The van der Waals surface area contributed by atoms with Gasteiger partial charge in [0, 0.05) is 12.3 Å². The van der Waals surface area contributed by atoms with Crippen molar-refractivity contribution >= 4 is 9.84 Å². The van der Waals surface area contributed by atoms with Gasteiger partial charge in [-0.2, -0.15) is 0 Å². The first-order chi connectivity index (χ1) is 9.02. The zero-order valence-electron chi connectivity index (χ0n) is 12.3. The normalized spacial score (nSPS) is 30.8. The van der Waals surface area contributed by atoms with Crippen LogP contribution in [-0.2, 0) is 9.84 Å². The zero-order valence-corrected chi connectivity index (χ0v) is 13.1. The maximum absolute atomic E-state index is 11.9. The molecule has 2 aliphatic rings. The van der Waals surface area contributed by atoms with Gasteiger partial charge in [-0.1, -0.05) is 6.42 Å². The van der Waals surface area contributed by atoms with Crippen molar-refractivity contribution in [3.8, 4) is 0 Å². The van der Waals surface area contributed by atoms with Gasteiger partial charge in [-0.05, 0) is 64.7 Å². The highest BCUT2D eigenvalue weighted by Crippen LogP contribution is 2.32. The Kier molecular flexibility index (Phi) is 5.26. The van der Waals surface area contributed by atoms with Crippen LogP contribution >= 0.6 is 0 Å². The fourth-order valence-electron chi connectivity index (χ4n) is 3.75. The average Bonchev–Trinajstić information content (AvgIpc) is 2.86. The fraction of sp³-hybridized carbons (Fsp3) is 1.00. The summed E-state index contributed by atoms with van der Waals surface area (Å²) in [6, 6.07) is 0.292. The smallest absolute Gasteiger partial charge is 0.151 e. The lowest BCUT2D eigenvalue weighted by Crippen LogP contribution is -2.47. The number of nitrogens with one attached hydrogen (secondary N) is 1. The van der Waals surface area contributed by atoms with Crippen LogP contribution in [0.2, 0.25) is 0 Å². The molecule has 2 fully saturated rings. The molecule has 2 atom stereocenters. The summed E-state index contributed by atoms with van der Waals surface area (Å²) in [5.74, 6) is 0.821. The van der Waals surface area contributed by atoms with Crippen LogP contribution in [0.25, 0.3) is 0 Å². The maximum Gasteiger partial charge on any atom is 0.151 e. The van der Waals surface area contributed by atoms with Crippen molar-refractivity contribution in [2.24, 2.45) is 5.92 Å². The van der Waals surface area contributed by atoms with E-state index in [0.29, 0.717) is 6.04 Å². The molecule has 0 spiro atoms. The quantitative estimate of drug-likeness (QED) is 0.828. The van der Waals surface area contributed by atoms with Crippen molar-refractivity contribution in [3.05, 3.63) is 0 Å². The Morgan fingerprint density at radius 2 is 1.84 bits per heavy atom. The summed E-state index contributed by atoms with van der Waals surface area (Å²) in [4.78, 5) is 2.45. The highest BCUT2D eigenvalue weighted by molar-refractivity contribution is 7.91. The summed E-state index contributed by atoms with van der Waals surface area (Å²) in [5.41, 5.74) is 0. The van der Waals surface area contributed by atoms with E-state index in [-0.39, 0.29) is 5.25 Å². The number of hydrogen-bond acceptors (Lipinski definition) is 4. The lowest BCUT2D eigenvalue weighted by Gasteiger charge is -2.38. The minimum atomic E-state index is -2.88. The number of nitrogens with zero attached hydrogens (tertiary/aromatic N) is 1. The van der Waals surface area contributed by atoms with Gasteiger partial charge < -0.3 is 5.32 Å². The van der Waals surface area contributed by atoms with E-state index in [1.165, 1.54) is 25.5 Å². The second-order valence-corrected chi connectivity index (χ2v) is 8.50. The maximum atomic E-state index is 11.9. The molecule has 112 valence electrons. The van der Waals surface area contributed by atoms with Gasteiger partial charge in [0.2, 0.25) is 0 Å². The van der Waals surface area contributed by atoms with Gasteiger partial charge in [0.1, 0.15) is 0 Å². The van der Waals surface area contributed by atoms with Crippen LogP contribution in [0.3, 0.4) is 0 Å². The van der Waals surface area contributed by atoms with E-state index in [1.807, 2.05) is 7.05 Å². The van der Waals surface area contributed by atoms with Crippen LogP contribution < -0.4 is 5.32 Å². The van der Waals surface area contributed by atoms with E-state index in [4.69, 9.17) is 0 Å². The van der Waals surface area contributed by atoms with Crippen molar-refractivity contribution in [3.63, 3.8) is 0 Å². The Morgan fingerprint density at radius 1 is 1.16 bits per heavy atom. The van der Waals surface area contributed by atoms with Crippen molar-refractivity contribution in [1.29, 1.82) is 0 Å². The molecule has 1 saturated heterocycles. The molecule has 0 aromatic rings. The molecule has 2 rings (SSSR count). The van der Waals surface area contributed by atoms with Crippen LogP contribution in [-0.4, -0.2) is 57.5 Å². The van der Waals surface area contributed by atoms with Gasteiger partial charge in [-0.25, -0.2) is 8.42 Å². The van der Waals surface area contributed by atoms with Gasteiger partial charge in [0.25, 0.3) is 0 Å². The highest BCUT2D eigenvalue weighted by atomic mass is 32.2. The zero-order chi connectivity index (χ0) is 13.9. The summed E-state index contributed by atoms with van der Waals surface area (Å²) < 4.78 is 23.7.